The van der Waals surface area contributed by atoms with Crippen LogP contribution in [0.4, 0.5) is 5.13 Å². The van der Waals surface area contributed by atoms with Crippen molar-refractivity contribution in [1.82, 2.24) is 4.98 Å². The summed E-state index contributed by atoms with van der Waals surface area (Å²) in [4.78, 5) is 7.54. The van der Waals surface area contributed by atoms with Crippen LogP contribution >= 0.6 is 11.3 Å². The number of thiazole rings is 1. The van der Waals surface area contributed by atoms with Crippen molar-refractivity contribution in [1.29, 1.82) is 0 Å². The van der Waals surface area contributed by atoms with Gasteiger partial charge >= 0.3 is 0 Å². The molecule has 0 amide bonds. The van der Waals surface area contributed by atoms with Gasteiger partial charge in [-0.2, -0.15) is 0 Å². The summed E-state index contributed by atoms with van der Waals surface area (Å²) in [5.74, 6) is 0.779. The molecule has 0 aliphatic carbocycles. The second-order valence-corrected chi connectivity index (χ2v) is 4.70. The van der Waals surface area contributed by atoms with Crippen molar-refractivity contribution in [3.8, 4) is 0 Å². The van der Waals surface area contributed by atoms with Crippen LogP contribution in [0.2, 0.25) is 0 Å². The Kier molecular flexibility index (Phi) is 2.51. The van der Waals surface area contributed by atoms with Gasteiger partial charge in [-0.15, -0.1) is 0 Å². The highest BCUT2D eigenvalue weighted by atomic mass is 32.1. The van der Waals surface area contributed by atoms with E-state index in [2.05, 4.69) is 16.8 Å². The number of anilines is 1. The van der Waals surface area contributed by atoms with Gasteiger partial charge in [0.15, 0.2) is 5.13 Å². The average molecular weight is 198 g/mol. The lowest BCUT2D eigenvalue weighted by molar-refractivity contribution is 0.285. The second kappa shape index (κ2) is 3.64. The zero-order valence-corrected chi connectivity index (χ0v) is 8.55. The van der Waals surface area contributed by atoms with E-state index in [9.17, 15) is 0 Å². The summed E-state index contributed by atoms with van der Waals surface area (Å²) >= 11 is 1.60. The van der Waals surface area contributed by atoms with Crippen LogP contribution in [0.1, 0.15) is 18.2 Å². The average Bonchev–Trinajstić information content (AvgIpc) is 2.71. The van der Waals surface area contributed by atoms with E-state index in [1.54, 1.807) is 17.5 Å². The molecule has 1 N–H and O–H groups in total. The van der Waals surface area contributed by atoms with E-state index in [4.69, 9.17) is 5.11 Å². The summed E-state index contributed by atoms with van der Waals surface area (Å²) in [5.41, 5.74) is 0. The summed E-state index contributed by atoms with van der Waals surface area (Å²) in [6.45, 7) is 4.60. The molecule has 1 aliphatic rings. The molecule has 1 fully saturated rings. The van der Waals surface area contributed by atoms with Gasteiger partial charge < -0.3 is 10.0 Å². The quantitative estimate of drug-likeness (QED) is 0.782. The molecule has 1 saturated heterocycles. The molecule has 0 saturated carbocycles. The number of aliphatic hydroxyl groups is 1. The fraction of sp³-hybridized carbons (Fsp3) is 0.667. The highest BCUT2D eigenvalue weighted by Gasteiger charge is 2.20. The zero-order chi connectivity index (χ0) is 9.26. The van der Waals surface area contributed by atoms with E-state index >= 15 is 0 Å². The highest BCUT2D eigenvalue weighted by molar-refractivity contribution is 7.15. The number of nitrogens with zero attached hydrogens (tertiary/aromatic N) is 2. The Labute approximate surface area is 82.0 Å². The van der Waals surface area contributed by atoms with Crippen molar-refractivity contribution in [3.63, 3.8) is 0 Å². The van der Waals surface area contributed by atoms with Crippen LogP contribution in [-0.4, -0.2) is 23.2 Å². The van der Waals surface area contributed by atoms with Gasteiger partial charge in [0.25, 0.3) is 0 Å². The first-order chi connectivity index (χ1) is 6.29. The molecule has 1 aliphatic heterocycles. The van der Waals surface area contributed by atoms with Crippen LogP contribution in [0.25, 0.3) is 0 Å². The molecule has 2 rings (SSSR count). The van der Waals surface area contributed by atoms with E-state index in [0.29, 0.717) is 0 Å². The van der Waals surface area contributed by atoms with Crippen LogP contribution in [-0.2, 0) is 6.61 Å². The molecule has 1 aromatic rings. The Hall–Kier alpha value is -0.610. The van der Waals surface area contributed by atoms with Crippen molar-refractivity contribution in [3.05, 3.63) is 11.1 Å². The molecule has 3 nitrogen and oxygen atoms in total. The van der Waals surface area contributed by atoms with E-state index in [1.807, 2.05) is 0 Å². The standard InChI is InChI=1S/C9H14N2OS/c1-7-2-3-11(5-7)9-10-4-8(6-12)13-9/h4,7,12H,2-3,5-6H2,1H3. The molecule has 0 aromatic carbocycles. The van der Waals surface area contributed by atoms with Gasteiger partial charge in [0, 0.05) is 19.3 Å². The Morgan fingerprint density at radius 3 is 3.15 bits per heavy atom. The maximum Gasteiger partial charge on any atom is 0.185 e. The number of aromatic nitrogens is 1. The van der Waals surface area contributed by atoms with E-state index in [-0.39, 0.29) is 6.61 Å². The fourth-order valence-corrected chi connectivity index (χ4v) is 2.43. The van der Waals surface area contributed by atoms with Crippen molar-refractivity contribution < 1.29 is 5.11 Å². The predicted molar refractivity (Wildman–Crippen MR) is 54.0 cm³/mol. The van der Waals surface area contributed by atoms with Gasteiger partial charge in [0.1, 0.15) is 0 Å². The minimum Gasteiger partial charge on any atom is -0.391 e. The summed E-state index contributed by atoms with van der Waals surface area (Å²) in [6, 6.07) is 0. The lowest BCUT2D eigenvalue weighted by Crippen LogP contribution is -2.18. The molecule has 0 spiro atoms. The van der Waals surface area contributed by atoms with Gasteiger partial charge in [-0.25, -0.2) is 4.98 Å². The summed E-state index contributed by atoms with van der Waals surface area (Å²) < 4.78 is 0. The third-order valence-electron chi connectivity index (χ3n) is 2.39. The summed E-state index contributed by atoms with van der Waals surface area (Å²) in [6.07, 6.45) is 3.02. The van der Waals surface area contributed by atoms with E-state index in [0.717, 1.165) is 29.0 Å². The molecular formula is C9H14N2OS. The zero-order valence-electron chi connectivity index (χ0n) is 7.73. The third-order valence-corrected chi connectivity index (χ3v) is 3.43. The number of hydrogen-bond acceptors (Lipinski definition) is 4. The minimum absolute atomic E-state index is 0.112. The topological polar surface area (TPSA) is 36.4 Å². The minimum atomic E-state index is 0.112. The molecule has 72 valence electrons. The number of rotatable bonds is 2. The first-order valence-electron chi connectivity index (χ1n) is 4.60. The lowest BCUT2D eigenvalue weighted by Gasteiger charge is -2.13. The predicted octanol–water partition coefficient (Wildman–Crippen LogP) is 1.48. The molecule has 2 heterocycles. The third kappa shape index (κ3) is 1.84. The van der Waals surface area contributed by atoms with E-state index in [1.165, 1.54) is 6.42 Å². The molecule has 4 heteroatoms. The van der Waals surface area contributed by atoms with Gasteiger partial charge in [-0.3, -0.25) is 0 Å². The molecule has 0 bridgehead atoms. The van der Waals surface area contributed by atoms with Crippen molar-refractivity contribution in [2.24, 2.45) is 5.92 Å². The fourth-order valence-electron chi connectivity index (χ4n) is 1.63. The Morgan fingerprint density at radius 1 is 1.77 bits per heavy atom. The molecule has 0 radical (unpaired) electrons. The SMILES string of the molecule is CC1CCN(c2ncc(CO)s2)C1. The Balaban J connectivity index is 2.08. The lowest BCUT2D eigenvalue weighted by atomic mass is 10.2. The normalized spacial score (nSPS) is 22.6. The van der Waals surface area contributed by atoms with Crippen LogP contribution in [0.5, 0.6) is 0 Å². The number of aliphatic hydroxyl groups excluding tert-OH is 1. The van der Waals surface area contributed by atoms with Crippen molar-refractivity contribution in [2.75, 3.05) is 18.0 Å². The number of hydrogen-bond donors (Lipinski definition) is 1. The van der Waals surface area contributed by atoms with Gasteiger partial charge in [-0.1, -0.05) is 18.3 Å². The first kappa shape index (κ1) is 8.97. The summed E-state index contributed by atoms with van der Waals surface area (Å²) in [7, 11) is 0. The van der Waals surface area contributed by atoms with Crippen LogP contribution < -0.4 is 4.90 Å². The smallest absolute Gasteiger partial charge is 0.185 e. The van der Waals surface area contributed by atoms with Gasteiger partial charge in [0.2, 0.25) is 0 Å². The molecule has 1 unspecified atom stereocenters. The van der Waals surface area contributed by atoms with Gasteiger partial charge in [0.05, 0.1) is 11.5 Å². The maximum atomic E-state index is 8.90. The molecule has 1 atom stereocenters. The molecular weight excluding hydrogens is 184 g/mol. The Bertz CT molecular complexity index is 287. The maximum absolute atomic E-state index is 8.90. The first-order valence-corrected chi connectivity index (χ1v) is 5.41. The highest BCUT2D eigenvalue weighted by Crippen LogP contribution is 2.27. The van der Waals surface area contributed by atoms with Crippen LogP contribution in [0, 0.1) is 5.92 Å². The summed E-state index contributed by atoms with van der Waals surface area (Å²) in [5, 5.41) is 9.96. The van der Waals surface area contributed by atoms with Crippen LogP contribution in [0.15, 0.2) is 6.20 Å². The van der Waals surface area contributed by atoms with Crippen molar-refractivity contribution in [2.45, 2.75) is 20.0 Å². The van der Waals surface area contributed by atoms with Gasteiger partial charge in [-0.05, 0) is 12.3 Å². The molecule has 13 heavy (non-hydrogen) atoms. The van der Waals surface area contributed by atoms with E-state index < -0.39 is 0 Å². The van der Waals surface area contributed by atoms with Crippen LogP contribution in [0.3, 0.4) is 0 Å². The molecule has 1 aromatic heterocycles. The second-order valence-electron chi connectivity index (χ2n) is 3.61. The monoisotopic (exact) mass is 198 g/mol. The van der Waals surface area contributed by atoms with Crippen molar-refractivity contribution >= 4 is 16.5 Å². The largest absolute Gasteiger partial charge is 0.391 e. The Morgan fingerprint density at radius 2 is 2.62 bits per heavy atom.